The number of benzene rings is 1. The summed E-state index contributed by atoms with van der Waals surface area (Å²) in [4.78, 5) is 12.6. The third kappa shape index (κ3) is 4.22. The van der Waals surface area contributed by atoms with Crippen LogP contribution in [0.25, 0.3) is 0 Å². The summed E-state index contributed by atoms with van der Waals surface area (Å²) in [6, 6.07) is 9.20. The van der Waals surface area contributed by atoms with Gasteiger partial charge in [-0.2, -0.15) is 0 Å². The second-order valence-electron chi connectivity index (χ2n) is 6.27. The van der Waals surface area contributed by atoms with E-state index >= 15 is 0 Å². The molecule has 3 rings (SSSR count). The molecular weight excluding hydrogens is 332 g/mol. The molecule has 0 saturated heterocycles. The zero-order chi connectivity index (χ0) is 18.4. The smallest absolute Gasteiger partial charge is 0.264 e. The maximum atomic E-state index is 12.6. The minimum Gasteiger partial charge on any atom is -0.496 e. The van der Waals surface area contributed by atoms with Gasteiger partial charge >= 0.3 is 0 Å². The molecule has 2 N–H and O–H groups in total. The number of methoxy groups -OCH3 is 2. The number of rotatable bonds is 6. The molecule has 1 aliphatic rings. The molecule has 1 aromatic carbocycles. The Bertz CT molecular complexity index is 721. The van der Waals surface area contributed by atoms with Gasteiger partial charge in [-0.05, 0) is 37.1 Å². The molecule has 0 radical (unpaired) electrons. The number of hydrogen-bond acceptors (Lipinski definition) is 6. The summed E-state index contributed by atoms with van der Waals surface area (Å²) in [6.45, 7) is 0. The molecule has 7 heteroatoms. The summed E-state index contributed by atoms with van der Waals surface area (Å²) in [5, 5.41) is 14.4. The van der Waals surface area contributed by atoms with Crippen LogP contribution in [0, 0.1) is 0 Å². The Morgan fingerprint density at radius 3 is 2.15 bits per heavy atom. The second kappa shape index (κ2) is 8.51. The number of ether oxygens (including phenoxy) is 2. The molecule has 2 aromatic rings. The molecule has 0 bridgehead atoms. The van der Waals surface area contributed by atoms with E-state index in [0.29, 0.717) is 28.9 Å². The molecule has 0 aliphatic heterocycles. The van der Waals surface area contributed by atoms with Crippen molar-refractivity contribution in [2.75, 3.05) is 24.9 Å². The molecule has 7 nitrogen and oxygen atoms in total. The van der Waals surface area contributed by atoms with Gasteiger partial charge < -0.3 is 20.1 Å². The zero-order valence-electron chi connectivity index (χ0n) is 15.1. The standard InChI is InChI=1S/C19H24N4O3/c1-25-14-9-6-10-15(26-2)18(14)19(24)21-17-12-11-16(22-23-17)20-13-7-4-3-5-8-13/h6,9-13H,3-5,7-8H2,1-2H3,(H,20,22)(H,21,23,24). The highest BCUT2D eigenvalue weighted by Crippen LogP contribution is 2.29. The Labute approximate surface area is 153 Å². The molecule has 0 unspecified atom stereocenters. The quantitative estimate of drug-likeness (QED) is 0.824. The molecular formula is C19H24N4O3. The van der Waals surface area contributed by atoms with E-state index in [9.17, 15) is 4.79 Å². The van der Waals surface area contributed by atoms with Crippen molar-refractivity contribution in [1.29, 1.82) is 0 Å². The van der Waals surface area contributed by atoms with E-state index < -0.39 is 0 Å². The van der Waals surface area contributed by atoms with Crippen molar-refractivity contribution in [2.24, 2.45) is 0 Å². The van der Waals surface area contributed by atoms with E-state index in [1.165, 1.54) is 33.5 Å². The van der Waals surface area contributed by atoms with Crippen LogP contribution in [0.5, 0.6) is 11.5 Å². The summed E-state index contributed by atoms with van der Waals surface area (Å²) < 4.78 is 10.5. The molecule has 1 aromatic heterocycles. The Hall–Kier alpha value is -2.83. The van der Waals surface area contributed by atoms with E-state index in [0.717, 1.165) is 18.7 Å². The molecule has 138 valence electrons. The largest absolute Gasteiger partial charge is 0.496 e. The van der Waals surface area contributed by atoms with Gasteiger partial charge in [-0.15, -0.1) is 10.2 Å². The first-order valence-electron chi connectivity index (χ1n) is 8.84. The Morgan fingerprint density at radius 1 is 0.962 bits per heavy atom. The van der Waals surface area contributed by atoms with Crippen molar-refractivity contribution in [3.05, 3.63) is 35.9 Å². The van der Waals surface area contributed by atoms with Crippen molar-refractivity contribution in [1.82, 2.24) is 10.2 Å². The first kappa shape index (κ1) is 18.0. The number of hydrogen-bond donors (Lipinski definition) is 2. The van der Waals surface area contributed by atoms with Crippen LogP contribution in [0.1, 0.15) is 42.5 Å². The highest BCUT2D eigenvalue weighted by atomic mass is 16.5. The van der Waals surface area contributed by atoms with Crippen molar-refractivity contribution in [3.8, 4) is 11.5 Å². The average molecular weight is 356 g/mol. The Kier molecular flexibility index (Phi) is 5.88. The number of nitrogens with one attached hydrogen (secondary N) is 2. The van der Waals surface area contributed by atoms with Crippen LogP contribution in [0.4, 0.5) is 11.6 Å². The minimum absolute atomic E-state index is 0.323. The fourth-order valence-corrected chi connectivity index (χ4v) is 3.19. The maximum absolute atomic E-state index is 12.6. The second-order valence-corrected chi connectivity index (χ2v) is 6.27. The van der Waals surface area contributed by atoms with E-state index in [4.69, 9.17) is 9.47 Å². The average Bonchev–Trinajstić information content (AvgIpc) is 2.69. The van der Waals surface area contributed by atoms with Crippen LogP contribution in [0.2, 0.25) is 0 Å². The van der Waals surface area contributed by atoms with Crippen LogP contribution < -0.4 is 20.1 Å². The fraction of sp³-hybridized carbons (Fsp3) is 0.421. The van der Waals surface area contributed by atoms with Crippen molar-refractivity contribution in [2.45, 2.75) is 38.1 Å². The Morgan fingerprint density at radius 2 is 1.58 bits per heavy atom. The molecule has 1 aliphatic carbocycles. The minimum atomic E-state index is -0.360. The predicted molar refractivity (Wildman–Crippen MR) is 100 cm³/mol. The maximum Gasteiger partial charge on any atom is 0.264 e. The van der Waals surface area contributed by atoms with E-state index in [2.05, 4.69) is 20.8 Å². The lowest BCUT2D eigenvalue weighted by Crippen LogP contribution is -2.23. The van der Waals surface area contributed by atoms with Crippen LogP contribution in [0.3, 0.4) is 0 Å². The highest BCUT2D eigenvalue weighted by molar-refractivity contribution is 6.07. The summed E-state index contributed by atoms with van der Waals surface area (Å²) in [7, 11) is 3.02. The van der Waals surface area contributed by atoms with E-state index in [1.807, 2.05) is 6.07 Å². The number of aromatic nitrogens is 2. The Balaban J connectivity index is 1.68. The van der Waals surface area contributed by atoms with E-state index in [-0.39, 0.29) is 5.91 Å². The summed E-state index contributed by atoms with van der Waals surface area (Å²) in [6.07, 6.45) is 6.13. The number of amides is 1. The topological polar surface area (TPSA) is 85.4 Å². The first-order valence-corrected chi connectivity index (χ1v) is 8.84. The van der Waals surface area contributed by atoms with Gasteiger partial charge in [0.1, 0.15) is 22.9 Å². The summed E-state index contributed by atoms with van der Waals surface area (Å²) >= 11 is 0. The van der Waals surface area contributed by atoms with Crippen molar-refractivity contribution >= 4 is 17.5 Å². The third-order valence-electron chi connectivity index (χ3n) is 4.52. The van der Waals surface area contributed by atoms with E-state index in [1.54, 1.807) is 24.3 Å². The molecule has 1 heterocycles. The number of nitrogens with zero attached hydrogens (tertiary/aromatic N) is 2. The lowest BCUT2D eigenvalue weighted by atomic mass is 9.95. The van der Waals surface area contributed by atoms with Crippen LogP contribution in [-0.4, -0.2) is 36.4 Å². The van der Waals surface area contributed by atoms with Crippen LogP contribution >= 0.6 is 0 Å². The third-order valence-corrected chi connectivity index (χ3v) is 4.52. The lowest BCUT2D eigenvalue weighted by molar-refractivity contribution is 0.102. The van der Waals surface area contributed by atoms with Gasteiger partial charge in [0.2, 0.25) is 0 Å². The predicted octanol–water partition coefficient (Wildman–Crippen LogP) is 3.49. The lowest BCUT2D eigenvalue weighted by Gasteiger charge is -2.22. The fourth-order valence-electron chi connectivity index (χ4n) is 3.19. The van der Waals surface area contributed by atoms with Crippen molar-refractivity contribution in [3.63, 3.8) is 0 Å². The molecule has 26 heavy (non-hydrogen) atoms. The zero-order valence-corrected chi connectivity index (χ0v) is 15.1. The molecule has 1 amide bonds. The number of carbonyl (C=O) groups is 1. The first-order chi connectivity index (χ1) is 12.7. The van der Waals surface area contributed by atoms with Gasteiger partial charge in [-0.25, -0.2) is 0 Å². The van der Waals surface area contributed by atoms with Crippen LogP contribution in [-0.2, 0) is 0 Å². The van der Waals surface area contributed by atoms with Gasteiger partial charge in [0.25, 0.3) is 5.91 Å². The highest BCUT2D eigenvalue weighted by Gasteiger charge is 2.19. The van der Waals surface area contributed by atoms with Gasteiger partial charge in [0.05, 0.1) is 14.2 Å². The number of carbonyl (C=O) groups excluding carboxylic acids is 1. The summed E-state index contributed by atoms with van der Waals surface area (Å²) in [5.74, 6) is 1.61. The summed E-state index contributed by atoms with van der Waals surface area (Å²) in [5.41, 5.74) is 0.323. The SMILES string of the molecule is COc1cccc(OC)c1C(=O)Nc1ccc(NC2CCCCC2)nn1. The van der Waals surface area contributed by atoms with Gasteiger partial charge in [-0.3, -0.25) is 4.79 Å². The number of anilines is 2. The van der Waals surface area contributed by atoms with Gasteiger partial charge in [0, 0.05) is 6.04 Å². The van der Waals surface area contributed by atoms with Gasteiger partial charge in [0.15, 0.2) is 5.82 Å². The van der Waals surface area contributed by atoms with Crippen LogP contribution in [0.15, 0.2) is 30.3 Å². The normalized spacial score (nSPS) is 14.5. The molecule has 0 spiro atoms. The molecule has 0 atom stereocenters. The van der Waals surface area contributed by atoms with Gasteiger partial charge in [-0.1, -0.05) is 25.3 Å². The molecule has 1 fully saturated rings. The molecule has 1 saturated carbocycles. The van der Waals surface area contributed by atoms with Crippen molar-refractivity contribution < 1.29 is 14.3 Å². The monoisotopic (exact) mass is 356 g/mol.